The Bertz CT molecular complexity index is 679. The van der Waals surface area contributed by atoms with Crippen LogP contribution in [-0.2, 0) is 4.79 Å². The van der Waals surface area contributed by atoms with Gasteiger partial charge in [-0.2, -0.15) is 0 Å². The number of halogens is 2. The quantitative estimate of drug-likeness (QED) is 0.705. The minimum absolute atomic E-state index is 0.208. The molecule has 0 heterocycles. The van der Waals surface area contributed by atoms with Crippen molar-refractivity contribution in [3.8, 4) is 11.5 Å². The fourth-order valence-electron chi connectivity index (χ4n) is 2.03. The first-order valence-corrected chi connectivity index (χ1v) is 8.43. The molecule has 0 saturated heterocycles. The van der Waals surface area contributed by atoms with Gasteiger partial charge in [-0.1, -0.05) is 54.4 Å². The second kappa shape index (κ2) is 9.40. The van der Waals surface area contributed by atoms with Gasteiger partial charge in [0.2, 0.25) is 0 Å². The van der Waals surface area contributed by atoms with Crippen LogP contribution in [0, 0.1) is 0 Å². The highest BCUT2D eigenvalue weighted by molar-refractivity contribution is 6.32. The van der Waals surface area contributed by atoms with Crippen molar-refractivity contribution in [2.75, 3.05) is 13.2 Å². The summed E-state index contributed by atoms with van der Waals surface area (Å²) in [6.45, 7) is 2.55. The van der Waals surface area contributed by atoms with E-state index in [0.29, 0.717) is 41.1 Å². The molecular formula is C18H19Cl2NO3. The summed E-state index contributed by atoms with van der Waals surface area (Å²) in [6.07, 6.45) is -0.0761. The molecule has 128 valence electrons. The summed E-state index contributed by atoms with van der Waals surface area (Å²) in [6, 6.07) is 14.3. The number of nitrogens with one attached hydrogen (secondary N) is 1. The number of rotatable bonds is 8. The van der Waals surface area contributed by atoms with E-state index in [1.807, 2.05) is 31.2 Å². The molecule has 1 N–H and O–H groups in total. The molecule has 0 aliphatic heterocycles. The molecule has 1 atom stereocenters. The van der Waals surface area contributed by atoms with Crippen LogP contribution in [0.2, 0.25) is 10.0 Å². The predicted octanol–water partition coefficient (Wildman–Crippen LogP) is 4.35. The van der Waals surface area contributed by atoms with Crippen LogP contribution in [0.15, 0.2) is 48.5 Å². The molecule has 0 aliphatic carbocycles. The Hall–Kier alpha value is -1.91. The third-order valence-corrected chi connectivity index (χ3v) is 3.89. The monoisotopic (exact) mass is 367 g/mol. The summed E-state index contributed by atoms with van der Waals surface area (Å²) in [5.74, 6) is 0.876. The van der Waals surface area contributed by atoms with Gasteiger partial charge in [-0.3, -0.25) is 4.79 Å². The normalized spacial score (nSPS) is 11.6. The maximum atomic E-state index is 12.2. The van der Waals surface area contributed by atoms with Gasteiger partial charge in [0.1, 0.15) is 18.1 Å². The molecule has 1 unspecified atom stereocenters. The topological polar surface area (TPSA) is 47.6 Å². The molecule has 6 heteroatoms. The van der Waals surface area contributed by atoms with Gasteiger partial charge in [-0.25, -0.2) is 0 Å². The molecule has 2 rings (SSSR count). The van der Waals surface area contributed by atoms with Crippen LogP contribution in [-0.4, -0.2) is 25.2 Å². The maximum absolute atomic E-state index is 12.2. The number of amides is 1. The standard InChI is InChI=1S/C18H19Cl2NO3/c1-2-15(24-17-10-6-4-8-14(17)20)18(22)21-11-12-23-16-9-5-3-7-13(16)19/h3-10,15H,2,11-12H2,1H3,(H,21,22). The Morgan fingerprint density at radius 3 is 2.21 bits per heavy atom. The fraction of sp³-hybridized carbons (Fsp3) is 0.278. The molecule has 0 fully saturated rings. The smallest absolute Gasteiger partial charge is 0.261 e. The molecule has 0 aromatic heterocycles. The van der Waals surface area contributed by atoms with Gasteiger partial charge in [0.05, 0.1) is 16.6 Å². The lowest BCUT2D eigenvalue weighted by Crippen LogP contribution is -2.39. The summed E-state index contributed by atoms with van der Waals surface area (Å²) in [7, 11) is 0. The van der Waals surface area contributed by atoms with E-state index in [-0.39, 0.29) is 5.91 Å². The van der Waals surface area contributed by atoms with Gasteiger partial charge in [0.25, 0.3) is 5.91 Å². The van der Waals surface area contributed by atoms with Crippen molar-refractivity contribution in [2.45, 2.75) is 19.4 Å². The van der Waals surface area contributed by atoms with Crippen LogP contribution in [0.1, 0.15) is 13.3 Å². The van der Waals surface area contributed by atoms with Gasteiger partial charge in [0.15, 0.2) is 6.10 Å². The second-order valence-electron chi connectivity index (χ2n) is 5.02. The summed E-state index contributed by atoms with van der Waals surface area (Å²) < 4.78 is 11.2. The van der Waals surface area contributed by atoms with Crippen molar-refractivity contribution < 1.29 is 14.3 Å². The predicted molar refractivity (Wildman–Crippen MR) is 96.1 cm³/mol. The highest BCUT2D eigenvalue weighted by Gasteiger charge is 2.18. The Labute approximate surface area is 151 Å². The molecule has 2 aromatic rings. The first-order chi connectivity index (χ1) is 11.6. The van der Waals surface area contributed by atoms with Gasteiger partial charge in [-0.15, -0.1) is 0 Å². The van der Waals surface area contributed by atoms with Gasteiger partial charge >= 0.3 is 0 Å². The first kappa shape index (κ1) is 18.4. The highest BCUT2D eigenvalue weighted by Crippen LogP contribution is 2.25. The number of ether oxygens (including phenoxy) is 2. The number of hydrogen-bond acceptors (Lipinski definition) is 3. The number of benzene rings is 2. The largest absolute Gasteiger partial charge is 0.490 e. The molecule has 4 nitrogen and oxygen atoms in total. The minimum atomic E-state index is -0.606. The van der Waals surface area contributed by atoms with Crippen molar-refractivity contribution in [1.82, 2.24) is 5.32 Å². The lowest BCUT2D eigenvalue weighted by atomic mass is 10.2. The molecule has 2 aromatic carbocycles. The van der Waals surface area contributed by atoms with E-state index in [9.17, 15) is 4.79 Å². The van der Waals surface area contributed by atoms with Crippen molar-refractivity contribution >= 4 is 29.1 Å². The zero-order chi connectivity index (χ0) is 17.4. The summed E-state index contributed by atoms with van der Waals surface area (Å²) >= 11 is 12.0. The zero-order valence-electron chi connectivity index (χ0n) is 13.3. The van der Waals surface area contributed by atoms with Crippen LogP contribution < -0.4 is 14.8 Å². The van der Waals surface area contributed by atoms with E-state index in [1.165, 1.54) is 0 Å². The Balaban J connectivity index is 1.80. The third kappa shape index (κ3) is 5.32. The highest BCUT2D eigenvalue weighted by atomic mass is 35.5. The summed E-state index contributed by atoms with van der Waals surface area (Å²) in [5, 5.41) is 3.80. The molecule has 1 amide bonds. The SMILES string of the molecule is CCC(Oc1ccccc1Cl)C(=O)NCCOc1ccccc1Cl. The van der Waals surface area contributed by atoms with E-state index in [2.05, 4.69) is 5.32 Å². The van der Waals surface area contributed by atoms with Crippen molar-refractivity contribution in [3.63, 3.8) is 0 Å². The maximum Gasteiger partial charge on any atom is 0.261 e. The minimum Gasteiger partial charge on any atom is -0.490 e. The average molecular weight is 368 g/mol. The van der Waals surface area contributed by atoms with E-state index < -0.39 is 6.10 Å². The second-order valence-corrected chi connectivity index (χ2v) is 5.83. The molecule has 0 spiro atoms. The molecule has 0 aliphatic rings. The van der Waals surface area contributed by atoms with Crippen LogP contribution >= 0.6 is 23.2 Å². The Kier molecular flexibility index (Phi) is 7.22. The van der Waals surface area contributed by atoms with Crippen molar-refractivity contribution in [1.29, 1.82) is 0 Å². The van der Waals surface area contributed by atoms with Gasteiger partial charge < -0.3 is 14.8 Å². The Morgan fingerprint density at radius 1 is 1.04 bits per heavy atom. The van der Waals surface area contributed by atoms with Crippen LogP contribution in [0.3, 0.4) is 0 Å². The molecule has 0 saturated carbocycles. The van der Waals surface area contributed by atoms with Crippen LogP contribution in [0.4, 0.5) is 0 Å². The summed E-state index contributed by atoms with van der Waals surface area (Å²) in [4.78, 5) is 12.2. The fourth-order valence-corrected chi connectivity index (χ4v) is 2.40. The van der Waals surface area contributed by atoms with Crippen LogP contribution in [0.5, 0.6) is 11.5 Å². The zero-order valence-corrected chi connectivity index (χ0v) is 14.8. The van der Waals surface area contributed by atoms with Crippen LogP contribution in [0.25, 0.3) is 0 Å². The first-order valence-electron chi connectivity index (χ1n) is 7.68. The van der Waals surface area contributed by atoms with E-state index >= 15 is 0 Å². The number of hydrogen-bond donors (Lipinski definition) is 1. The molecule has 0 radical (unpaired) electrons. The average Bonchev–Trinajstić information content (AvgIpc) is 2.59. The third-order valence-electron chi connectivity index (χ3n) is 3.26. The summed E-state index contributed by atoms with van der Waals surface area (Å²) in [5.41, 5.74) is 0. The number of carbonyl (C=O) groups is 1. The molecule has 0 bridgehead atoms. The number of carbonyl (C=O) groups excluding carboxylic acids is 1. The van der Waals surface area contributed by atoms with Crippen molar-refractivity contribution in [3.05, 3.63) is 58.6 Å². The van der Waals surface area contributed by atoms with E-state index in [4.69, 9.17) is 32.7 Å². The number of para-hydroxylation sites is 2. The lowest BCUT2D eigenvalue weighted by Gasteiger charge is -2.18. The van der Waals surface area contributed by atoms with Gasteiger partial charge in [-0.05, 0) is 30.7 Å². The molecule has 24 heavy (non-hydrogen) atoms. The lowest BCUT2D eigenvalue weighted by molar-refractivity contribution is -0.128. The van der Waals surface area contributed by atoms with Crippen molar-refractivity contribution in [2.24, 2.45) is 0 Å². The molecular weight excluding hydrogens is 349 g/mol. The van der Waals surface area contributed by atoms with E-state index in [1.54, 1.807) is 24.3 Å². The van der Waals surface area contributed by atoms with E-state index in [0.717, 1.165) is 0 Å². The Morgan fingerprint density at radius 2 is 1.62 bits per heavy atom. The van der Waals surface area contributed by atoms with Gasteiger partial charge in [0, 0.05) is 0 Å².